The number of aromatic nitrogens is 1. The van der Waals surface area contributed by atoms with Crippen LogP contribution in [0.5, 0.6) is 0 Å². The van der Waals surface area contributed by atoms with E-state index >= 15 is 0 Å². The summed E-state index contributed by atoms with van der Waals surface area (Å²) in [5.41, 5.74) is 1.89. The number of rotatable bonds is 7. The molecule has 0 aliphatic rings. The molecule has 1 amide bonds. The molecule has 0 saturated carbocycles. The van der Waals surface area contributed by atoms with E-state index < -0.39 is 4.92 Å². The van der Waals surface area contributed by atoms with E-state index in [9.17, 15) is 14.9 Å². The lowest BCUT2D eigenvalue weighted by atomic mass is 10.1. The molecule has 2 aromatic heterocycles. The van der Waals surface area contributed by atoms with Crippen LogP contribution in [0.3, 0.4) is 0 Å². The van der Waals surface area contributed by atoms with Gasteiger partial charge in [0.25, 0.3) is 11.6 Å². The van der Waals surface area contributed by atoms with Crippen LogP contribution in [0.1, 0.15) is 26.4 Å². The Morgan fingerprint density at radius 1 is 1.26 bits per heavy atom. The van der Waals surface area contributed by atoms with Crippen LogP contribution in [0.4, 0.5) is 5.69 Å². The fourth-order valence-corrected chi connectivity index (χ4v) is 3.54. The number of hydrogen-bond acceptors (Lipinski definition) is 5. The van der Waals surface area contributed by atoms with Crippen LogP contribution in [0.2, 0.25) is 0 Å². The van der Waals surface area contributed by atoms with Crippen LogP contribution in [0, 0.1) is 17.0 Å². The number of amides is 1. The van der Waals surface area contributed by atoms with E-state index in [4.69, 9.17) is 0 Å². The quantitative estimate of drug-likeness (QED) is 0.453. The van der Waals surface area contributed by atoms with Gasteiger partial charge in [-0.05, 0) is 48.6 Å². The molecule has 0 radical (unpaired) electrons. The lowest BCUT2D eigenvalue weighted by Crippen LogP contribution is -2.32. The SMILES string of the molecule is Cc1cc(C(=O)N(CCc2cccs2)Cc2cccnc2)ccc1[N+](=O)[O-]. The van der Waals surface area contributed by atoms with Crippen molar-refractivity contribution < 1.29 is 9.72 Å². The van der Waals surface area contributed by atoms with Gasteiger partial charge in [0, 0.05) is 47.6 Å². The minimum atomic E-state index is -0.437. The third-order valence-electron chi connectivity index (χ3n) is 4.23. The van der Waals surface area contributed by atoms with Crippen molar-refractivity contribution in [1.29, 1.82) is 0 Å². The van der Waals surface area contributed by atoms with E-state index in [-0.39, 0.29) is 11.6 Å². The first kappa shape index (κ1) is 18.7. The predicted octanol–water partition coefficient (Wildman–Crippen LogP) is 4.24. The average molecular weight is 381 g/mol. The van der Waals surface area contributed by atoms with Gasteiger partial charge in [0.15, 0.2) is 0 Å². The van der Waals surface area contributed by atoms with Gasteiger partial charge in [-0.3, -0.25) is 19.9 Å². The van der Waals surface area contributed by atoms with Crippen LogP contribution in [0.25, 0.3) is 0 Å². The van der Waals surface area contributed by atoms with Crippen molar-refractivity contribution in [1.82, 2.24) is 9.88 Å². The molecule has 0 atom stereocenters. The molecule has 138 valence electrons. The van der Waals surface area contributed by atoms with E-state index in [0.717, 1.165) is 12.0 Å². The molecule has 0 spiro atoms. The standard InChI is InChI=1S/C20H19N3O3S/c1-15-12-17(6-7-19(15)23(25)26)20(24)22(10-8-18-5-3-11-27-18)14-16-4-2-9-21-13-16/h2-7,9,11-13H,8,10,14H2,1H3. The first-order chi connectivity index (χ1) is 13.0. The minimum absolute atomic E-state index is 0.0175. The zero-order valence-corrected chi connectivity index (χ0v) is 15.7. The zero-order chi connectivity index (χ0) is 19.2. The number of nitrogens with zero attached hydrogens (tertiary/aromatic N) is 3. The molecule has 3 aromatic rings. The Kier molecular flexibility index (Phi) is 5.93. The largest absolute Gasteiger partial charge is 0.334 e. The van der Waals surface area contributed by atoms with Crippen molar-refractivity contribution in [3.05, 3.63) is 91.9 Å². The highest BCUT2D eigenvalue weighted by Crippen LogP contribution is 2.21. The van der Waals surface area contributed by atoms with Gasteiger partial charge in [-0.2, -0.15) is 0 Å². The molecule has 3 rings (SSSR count). The summed E-state index contributed by atoms with van der Waals surface area (Å²) in [5, 5.41) is 13.0. The summed E-state index contributed by atoms with van der Waals surface area (Å²) < 4.78 is 0. The summed E-state index contributed by atoms with van der Waals surface area (Å²) in [7, 11) is 0. The van der Waals surface area contributed by atoms with Gasteiger partial charge in [-0.25, -0.2) is 0 Å². The first-order valence-corrected chi connectivity index (χ1v) is 9.38. The van der Waals surface area contributed by atoms with Crippen molar-refractivity contribution in [2.45, 2.75) is 19.9 Å². The number of benzene rings is 1. The molecule has 0 bridgehead atoms. The van der Waals surface area contributed by atoms with Crippen molar-refractivity contribution in [3.63, 3.8) is 0 Å². The van der Waals surface area contributed by atoms with Crippen LogP contribution < -0.4 is 0 Å². The predicted molar refractivity (Wildman–Crippen MR) is 105 cm³/mol. The van der Waals surface area contributed by atoms with Gasteiger partial charge >= 0.3 is 0 Å². The highest BCUT2D eigenvalue weighted by Gasteiger charge is 2.19. The smallest absolute Gasteiger partial charge is 0.272 e. The van der Waals surface area contributed by atoms with Gasteiger partial charge in [-0.1, -0.05) is 12.1 Å². The summed E-state index contributed by atoms with van der Waals surface area (Å²) in [6.45, 7) is 2.64. The monoisotopic (exact) mass is 381 g/mol. The maximum absolute atomic E-state index is 13.1. The van der Waals surface area contributed by atoms with Crippen LogP contribution >= 0.6 is 11.3 Å². The van der Waals surface area contributed by atoms with E-state index in [2.05, 4.69) is 4.98 Å². The second-order valence-corrected chi connectivity index (χ2v) is 7.21. The highest BCUT2D eigenvalue weighted by atomic mass is 32.1. The molecule has 27 heavy (non-hydrogen) atoms. The molecular weight excluding hydrogens is 362 g/mol. The zero-order valence-electron chi connectivity index (χ0n) is 14.9. The molecular formula is C20H19N3O3S. The Balaban J connectivity index is 1.82. The van der Waals surface area contributed by atoms with E-state index in [1.807, 2.05) is 29.6 Å². The number of carbonyl (C=O) groups excluding carboxylic acids is 1. The summed E-state index contributed by atoms with van der Waals surface area (Å²) in [6.07, 6.45) is 4.20. The van der Waals surface area contributed by atoms with Crippen LogP contribution in [0.15, 0.2) is 60.2 Å². The fourth-order valence-electron chi connectivity index (χ4n) is 2.84. The van der Waals surface area contributed by atoms with Crippen molar-refractivity contribution in [2.75, 3.05) is 6.54 Å². The van der Waals surface area contributed by atoms with E-state index in [1.54, 1.807) is 41.6 Å². The van der Waals surface area contributed by atoms with Crippen molar-refractivity contribution in [2.24, 2.45) is 0 Å². The Bertz CT molecular complexity index is 927. The molecule has 0 aliphatic carbocycles. The van der Waals surface area contributed by atoms with Crippen LogP contribution in [-0.4, -0.2) is 27.3 Å². The molecule has 7 heteroatoms. The Morgan fingerprint density at radius 2 is 2.11 bits per heavy atom. The molecule has 0 saturated heterocycles. The molecule has 6 nitrogen and oxygen atoms in total. The van der Waals surface area contributed by atoms with E-state index in [1.165, 1.54) is 17.0 Å². The summed E-state index contributed by atoms with van der Waals surface area (Å²) in [4.78, 5) is 30.7. The lowest BCUT2D eigenvalue weighted by molar-refractivity contribution is -0.385. The number of carbonyl (C=O) groups is 1. The highest BCUT2D eigenvalue weighted by molar-refractivity contribution is 7.09. The summed E-state index contributed by atoms with van der Waals surface area (Å²) in [6, 6.07) is 12.3. The second kappa shape index (κ2) is 8.55. The van der Waals surface area contributed by atoms with Gasteiger partial charge in [0.1, 0.15) is 0 Å². The lowest BCUT2D eigenvalue weighted by Gasteiger charge is -2.23. The first-order valence-electron chi connectivity index (χ1n) is 8.50. The molecule has 0 N–H and O–H groups in total. The van der Waals surface area contributed by atoms with Gasteiger partial charge in [-0.15, -0.1) is 11.3 Å². The van der Waals surface area contributed by atoms with Crippen molar-refractivity contribution in [3.8, 4) is 0 Å². The van der Waals surface area contributed by atoms with Gasteiger partial charge < -0.3 is 4.90 Å². The fraction of sp³-hybridized carbons (Fsp3) is 0.200. The van der Waals surface area contributed by atoms with Gasteiger partial charge in [0.2, 0.25) is 0 Å². The number of thiophene rings is 1. The number of aryl methyl sites for hydroxylation is 1. The number of hydrogen-bond donors (Lipinski definition) is 0. The summed E-state index contributed by atoms with van der Waals surface area (Å²) in [5.74, 6) is -0.145. The Morgan fingerprint density at radius 3 is 2.74 bits per heavy atom. The van der Waals surface area contributed by atoms with Crippen LogP contribution in [-0.2, 0) is 13.0 Å². The Labute approximate surface area is 161 Å². The van der Waals surface area contributed by atoms with E-state index in [0.29, 0.717) is 24.2 Å². The van der Waals surface area contributed by atoms with Crippen molar-refractivity contribution >= 4 is 22.9 Å². The summed E-state index contributed by atoms with van der Waals surface area (Å²) >= 11 is 1.66. The maximum atomic E-state index is 13.1. The maximum Gasteiger partial charge on any atom is 0.272 e. The molecule has 1 aromatic carbocycles. The molecule has 0 unspecified atom stereocenters. The second-order valence-electron chi connectivity index (χ2n) is 6.18. The minimum Gasteiger partial charge on any atom is -0.334 e. The molecule has 0 aliphatic heterocycles. The normalized spacial score (nSPS) is 10.6. The topological polar surface area (TPSA) is 76.3 Å². The number of nitro groups is 1. The number of nitro benzene ring substituents is 1. The molecule has 2 heterocycles. The third kappa shape index (κ3) is 4.77. The average Bonchev–Trinajstić information content (AvgIpc) is 3.18. The molecule has 0 fully saturated rings. The number of pyridine rings is 1. The van der Waals surface area contributed by atoms with Gasteiger partial charge in [0.05, 0.1) is 4.92 Å². The third-order valence-corrected chi connectivity index (χ3v) is 5.17. The Hall–Kier alpha value is -3.06.